The van der Waals surface area contributed by atoms with E-state index in [2.05, 4.69) is 0 Å². The van der Waals surface area contributed by atoms with E-state index in [1.807, 2.05) is 0 Å². The summed E-state index contributed by atoms with van der Waals surface area (Å²) in [6, 6.07) is 6.48. The molecule has 1 aromatic carbocycles. The van der Waals surface area contributed by atoms with Crippen molar-refractivity contribution in [3.63, 3.8) is 0 Å². The summed E-state index contributed by atoms with van der Waals surface area (Å²) < 4.78 is 19.6. The lowest BCUT2D eigenvalue weighted by atomic mass is 10.2. The van der Waals surface area contributed by atoms with E-state index < -0.39 is 18.2 Å². The molecule has 96 valence electrons. The van der Waals surface area contributed by atoms with Crippen molar-refractivity contribution >= 4 is 11.9 Å². The standard InChI is InChI=1S/C12H12O6/c1-15-9-4-2-8(3-5-9)12(14)17-7-11-16-6-10(13)18-11/h2-5,11H,6-7H2,1H3/t11-/m0/s1. The van der Waals surface area contributed by atoms with Crippen LogP contribution in [-0.2, 0) is 19.0 Å². The van der Waals surface area contributed by atoms with Crippen molar-refractivity contribution in [1.82, 2.24) is 0 Å². The second-order valence-electron chi connectivity index (χ2n) is 3.56. The zero-order chi connectivity index (χ0) is 13.0. The van der Waals surface area contributed by atoms with Gasteiger partial charge < -0.3 is 18.9 Å². The monoisotopic (exact) mass is 252 g/mol. The van der Waals surface area contributed by atoms with Crippen LogP contribution in [0.25, 0.3) is 0 Å². The Morgan fingerprint density at radius 3 is 2.67 bits per heavy atom. The summed E-state index contributed by atoms with van der Waals surface area (Å²) in [7, 11) is 1.54. The summed E-state index contributed by atoms with van der Waals surface area (Å²) >= 11 is 0. The van der Waals surface area contributed by atoms with Crippen LogP contribution in [0.1, 0.15) is 10.4 Å². The molecule has 2 rings (SSSR count). The van der Waals surface area contributed by atoms with Crippen LogP contribution in [-0.4, -0.2) is 38.6 Å². The SMILES string of the molecule is COc1ccc(C(=O)OC[C@H]2OCC(=O)O2)cc1. The van der Waals surface area contributed by atoms with Gasteiger partial charge in [-0.1, -0.05) is 0 Å². The Hall–Kier alpha value is -2.08. The average molecular weight is 252 g/mol. The summed E-state index contributed by atoms with van der Waals surface area (Å²) in [5.41, 5.74) is 0.389. The molecule has 6 nitrogen and oxygen atoms in total. The van der Waals surface area contributed by atoms with Crippen molar-refractivity contribution in [3.05, 3.63) is 29.8 Å². The van der Waals surface area contributed by atoms with Crippen molar-refractivity contribution < 1.29 is 28.5 Å². The first kappa shape index (κ1) is 12.4. The molecule has 1 saturated heterocycles. The maximum Gasteiger partial charge on any atom is 0.338 e. The van der Waals surface area contributed by atoms with Gasteiger partial charge >= 0.3 is 11.9 Å². The zero-order valence-electron chi connectivity index (χ0n) is 9.75. The van der Waals surface area contributed by atoms with Gasteiger partial charge in [-0.15, -0.1) is 0 Å². The van der Waals surface area contributed by atoms with Crippen molar-refractivity contribution in [3.8, 4) is 5.75 Å². The Labute approximate surface area is 103 Å². The molecule has 1 heterocycles. The number of esters is 2. The van der Waals surface area contributed by atoms with Gasteiger partial charge in [0.05, 0.1) is 12.7 Å². The number of methoxy groups -OCH3 is 1. The predicted octanol–water partition coefficient (Wildman–Crippen LogP) is 0.751. The maximum absolute atomic E-state index is 11.6. The summed E-state index contributed by atoms with van der Waals surface area (Å²) in [6.07, 6.45) is -0.806. The molecule has 1 aliphatic heterocycles. The Morgan fingerprint density at radius 1 is 1.39 bits per heavy atom. The van der Waals surface area contributed by atoms with Gasteiger partial charge in [0.25, 0.3) is 0 Å². The van der Waals surface area contributed by atoms with Crippen molar-refractivity contribution in [2.45, 2.75) is 6.29 Å². The van der Waals surface area contributed by atoms with Gasteiger partial charge in [0.2, 0.25) is 6.29 Å². The number of rotatable bonds is 4. The van der Waals surface area contributed by atoms with E-state index in [4.69, 9.17) is 18.9 Å². The summed E-state index contributed by atoms with van der Waals surface area (Å²) in [6.45, 7) is -0.221. The lowest BCUT2D eigenvalue weighted by molar-refractivity contribution is -0.146. The fourth-order valence-electron chi connectivity index (χ4n) is 1.41. The van der Waals surface area contributed by atoms with Gasteiger partial charge in [-0.2, -0.15) is 0 Å². The molecule has 0 N–H and O–H groups in total. The lowest BCUT2D eigenvalue weighted by Crippen LogP contribution is -2.19. The maximum atomic E-state index is 11.6. The molecule has 0 unspecified atom stereocenters. The average Bonchev–Trinajstić information content (AvgIpc) is 2.82. The Bertz CT molecular complexity index is 438. The summed E-state index contributed by atoms with van der Waals surface area (Å²) in [4.78, 5) is 22.4. The molecule has 1 fully saturated rings. The molecular formula is C12H12O6. The van der Waals surface area contributed by atoms with Crippen LogP contribution in [0.3, 0.4) is 0 Å². The number of hydrogen-bond acceptors (Lipinski definition) is 6. The molecular weight excluding hydrogens is 240 g/mol. The van der Waals surface area contributed by atoms with E-state index in [0.717, 1.165) is 0 Å². The molecule has 0 amide bonds. The minimum absolute atomic E-state index is 0.106. The minimum atomic E-state index is -0.806. The smallest absolute Gasteiger partial charge is 0.338 e. The number of carbonyl (C=O) groups excluding carboxylic acids is 2. The number of carbonyl (C=O) groups is 2. The van der Waals surface area contributed by atoms with Gasteiger partial charge in [0.1, 0.15) is 12.4 Å². The minimum Gasteiger partial charge on any atom is -0.497 e. The number of benzene rings is 1. The van der Waals surface area contributed by atoms with Crippen molar-refractivity contribution in [2.75, 3.05) is 20.3 Å². The second kappa shape index (κ2) is 5.50. The van der Waals surface area contributed by atoms with Crippen molar-refractivity contribution in [1.29, 1.82) is 0 Å². The molecule has 0 aliphatic carbocycles. The van der Waals surface area contributed by atoms with E-state index in [1.165, 1.54) is 0 Å². The summed E-state index contributed by atoms with van der Waals surface area (Å²) in [5.74, 6) is -0.315. The van der Waals surface area contributed by atoms with Gasteiger partial charge in [-0.05, 0) is 24.3 Å². The van der Waals surface area contributed by atoms with E-state index >= 15 is 0 Å². The molecule has 1 aliphatic rings. The van der Waals surface area contributed by atoms with Crippen LogP contribution in [0.2, 0.25) is 0 Å². The quantitative estimate of drug-likeness (QED) is 0.736. The third kappa shape index (κ3) is 2.98. The van der Waals surface area contributed by atoms with Crippen molar-refractivity contribution in [2.24, 2.45) is 0 Å². The van der Waals surface area contributed by atoms with Gasteiger partial charge in [0, 0.05) is 0 Å². The predicted molar refractivity (Wildman–Crippen MR) is 59.1 cm³/mol. The van der Waals surface area contributed by atoms with Crippen LogP contribution < -0.4 is 4.74 Å². The Kier molecular flexibility index (Phi) is 3.78. The van der Waals surface area contributed by atoms with Crippen LogP contribution in [0, 0.1) is 0 Å². The van der Waals surface area contributed by atoms with Gasteiger partial charge in [-0.25, -0.2) is 9.59 Å². The molecule has 0 bridgehead atoms. The molecule has 6 heteroatoms. The molecule has 18 heavy (non-hydrogen) atoms. The topological polar surface area (TPSA) is 71.1 Å². The normalized spacial score (nSPS) is 18.3. The first-order valence-electron chi connectivity index (χ1n) is 5.31. The van der Waals surface area contributed by atoms with E-state index in [9.17, 15) is 9.59 Å². The van der Waals surface area contributed by atoms with Crippen LogP contribution in [0.15, 0.2) is 24.3 Å². The largest absolute Gasteiger partial charge is 0.497 e. The highest BCUT2D eigenvalue weighted by Gasteiger charge is 2.25. The van der Waals surface area contributed by atoms with Gasteiger partial charge in [0.15, 0.2) is 6.61 Å². The molecule has 0 aromatic heterocycles. The first-order valence-corrected chi connectivity index (χ1v) is 5.31. The van der Waals surface area contributed by atoms with Crippen LogP contribution >= 0.6 is 0 Å². The number of hydrogen-bond donors (Lipinski definition) is 0. The fourth-order valence-corrected chi connectivity index (χ4v) is 1.41. The Balaban J connectivity index is 1.85. The van der Waals surface area contributed by atoms with E-state index in [-0.39, 0.29) is 13.2 Å². The molecule has 1 atom stereocenters. The third-order valence-electron chi connectivity index (χ3n) is 2.33. The Morgan fingerprint density at radius 2 is 2.11 bits per heavy atom. The third-order valence-corrected chi connectivity index (χ3v) is 2.33. The zero-order valence-corrected chi connectivity index (χ0v) is 9.75. The first-order chi connectivity index (χ1) is 8.69. The highest BCUT2D eigenvalue weighted by molar-refractivity contribution is 5.89. The molecule has 1 aromatic rings. The molecule has 0 saturated carbocycles. The van der Waals surface area contributed by atoms with E-state index in [1.54, 1.807) is 31.4 Å². The fraction of sp³-hybridized carbons (Fsp3) is 0.333. The number of cyclic esters (lactones) is 1. The molecule has 0 spiro atoms. The lowest BCUT2D eigenvalue weighted by Gasteiger charge is -2.09. The highest BCUT2D eigenvalue weighted by Crippen LogP contribution is 2.13. The second-order valence-corrected chi connectivity index (χ2v) is 3.56. The van der Waals surface area contributed by atoms with Gasteiger partial charge in [-0.3, -0.25) is 0 Å². The van der Waals surface area contributed by atoms with Crippen LogP contribution in [0.4, 0.5) is 0 Å². The van der Waals surface area contributed by atoms with Crippen LogP contribution in [0.5, 0.6) is 5.75 Å². The number of ether oxygens (including phenoxy) is 4. The van der Waals surface area contributed by atoms with E-state index in [0.29, 0.717) is 11.3 Å². The summed E-state index contributed by atoms with van der Waals surface area (Å²) in [5, 5.41) is 0. The highest BCUT2D eigenvalue weighted by atomic mass is 16.8. The molecule has 0 radical (unpaired) electrons.